The Morgan fingerprint density at radius 3 is 2.94 bits per heavy atom. The van der Waals surface area contributed by atoms with Gasteiger partial charge in [-0.05, 0) is 19.3 Å². The Hall–Kier alpha value is -1.32. The van der Waals surface area contributed by atoms with Crippen LogP contribution in [0.1, 0.15) is 44.9 Å². The number of rotatable bonds is 8. The van der Waals surface area contributed by atoms with Crippen LogP contribution in [0.5, 0.6) is 0 Å². The van der Waals surface area contributed by atoms with Crippen molar-refractivity contribution >= 4 is 5.97 Å². The van der Waals surface area contributed by atoms with E-state index in [4.69, 9.17) is 5.11 Å². The van der Waals surface area contributed by atoms with Gasteiger partial charge in [0.15, 0.2) is 0 Å². The SMILES string of the molecule is CCCc1nccn1CCCCCC(=O)O. The fraction of sp³-hybridized carbons (Fsp3) is 0.667. The molecule has 1 aromatic rings. The van der Waals surface area contributed by atoms with Crippen LogP contribution in [-0.2, 0) is 17.8 Å². The predicted molar refractivity (Wildman–Crippen MR) is 62.3 cm³/mol. The molecule has 0 atom stereocenters. The van der Waals surface area contributed by atoms with Crippen molar-refractivity contribution in [2.24, 2.45) is 0 Å². The molecule has 0 aliphatic carbocycles. The van der Waals surface area contributed by atoms with E-state index < -0.39 is 5.97 Å². The van der Waals surface area contributed by atoms with Gasteiger partial charge < -0.3 is 9.67 Å². The fourth-order valence-corrected chi connectivity index (χ4v) is 1.73. The van der Waals surface area contributed by atoms with Crippen molar-refractivity contribution in [3.63, 3.8) is 0 Å². The van der Waals surface area contributed by atoms with Gasteiger partial charge in [0.2, 0.25) is 0 Å². The van der Waals surface area contributed by atoms with Crippen molar-refractivity contribution in [2.75, 3.05) is 0 Å². The highest BCUT2D eigenvalue weighted by Crippen LogP contribution is 2.06. The normalized spacial score (nSPS) is 10.6. The molecular formula is C12H20N2O2. The topological polar surface area (TPSA) is 55.1 Å². The third-order valence-electron chi connectivity index (χ3n) is 2.56. The number of carboxylic acids is 1. The zero-order valence-electron chi connectivity index (χ0n) is 9.85. The summed E-state index contributed by atoms with van der Waals surface area (Å²) in [5, 5.41) is 8.50. The Bertz CT molecular complexity index is 321. The summed E-state index contributed by atoms with van der Waals surface area (Å²) in [5.74, 6) is 0.440. The van der Waals surface area contributed by atoms with E-state index in [0.717, 1.165) is 44.5 Å². The van der Waals surface area contributed by atoms with E-state index >= 15 is 0 Å². The van der Waals surface area contributed by atoms with Crippen LogP contribution in [-0.4, -0.2) is 20.6 Å². The molecule has 0 spiro atoms. The van der Waals surface area contributed by atoms with Crippen molar-refractivity contribution in [3.05, 3.63) is 18.2 Å². The third kappa shape index (κ3) is 4.47. The maximum atomic E-state index is 10.3. The maximum Gasteiger partial charge on any atom is 0.303 e. The zero-order chi connectivity index (χ0) is 11.8. The van der Waals surface area contributed by atoms with E-state index in [1.165, 1.54) is 0 Å². The summed E-state index contributed by atoms with van der Waals surface area (Å²) < 4.78 is 2.17. The summed E-state index contributed by atoms with van der Waals surface area (Å²) in [6.45, 7) is 3.10. The Balaban J connectivity index is 2.21. The zero-order valence-corrected chi connectivity index (χ0v) is 9.85. The molecule has 4 nitrogen and oxygen atoms in total. The largest absolute Gasteiger partial charge is 0.481 e. The number of nitrogens with zero attached hydrogens (tertiary/aromatic N) is 2. The molecule has 1 N–H and O–H groups in total. The third-order valence-corrected chi connectivity index (χ3v) is 2.56. The van der Waals surface area contributed by atoms with Gasteiger partial charge in [0.25, 0.3) is 0 Å². The lowest BCUT2D eigenvalue weighted by Crippen LogP contribution is -2.03. The van der Waals surface area contributed by atoms with Gasteiger partial charge in [0.05, 0.1) is 0 Å². The summed E-state index contributed by atoms with van der Waals surface area (Å²) in [6.07, 6.45) is 9.01. The second kappa shape index (κ2) is 7.04. The molecule has 4 heteroatoms. The second-order valence-corrected chi connectivity index (χ2v) is 3.99. The number of imidazole rings is 1. The van der Waals surface area contributed by atoms with Crippen molar-refractivity contribution in [2.45, 2.75) is 52.0 Å². The average molecular weight is 224 g/mol. The molecule has 0 aliphatic rings. The number of unbranched alkanes of at least 4 members (excludes halogenated alkanes) is 2. The number of hydrogen-bond acceptors (Lipinski definition) is 2. The minimum absolute atomic E-state index is 0.283. The standard InChI is InChI=1S/C12H20N2O2/c1-2-6-11-13-8-10-14(11)9-5-3-4-7-12(15)16/h8,10H,2-7,9H2,1H3,(H,15,16). The Morgan fingerprint density at radius 2 is 2.25 bits per heavy atom. The van der Waals surface area contributed by atoms with Crippen LogP contribution in [0.25, 0.3) is 0 Å². The van der Waals surface area contributed by atoms with Crippen molar-refractivity contribution < 1.29 is 9.90 Å². The van der Waals surface area contributed by atoms with Crippen molar-refractivity contribution in [1.29, 1.82) is 0 Å². The molecule has 1 aromatic heterocycles. The van der Waals surface area contributed by atoms with Crippen molar-refractivity contribution in [3.8, 4) is 0 Å². The monoisotopic (exact) mass is 224 g/mol. The van der Waals surface area contributed by atoms with E-state index in [1.54, 1.807) is 0 Å². The number of carbonyl (C=O) groups is 1. The van der Waals surface area contributed by atoms with Gasteiger partial charge in [-0.2, -0.15) is 0 Å². The lowest BCUT2D eigenvalue weighted by atomic mass is 10.2. The van der Waals surface area contributed by atoms with Gasteiger partial charge >= 0.3 is 5.97 Å². The minimum Gasteiger partial charge on any atom is -0.481 e. The van der Waals surface area contributed by atoms with Crippen LogP contribution in [0.15, 0.2) is 12.4 Å². The molecule has 16 heavy (non-hydrogen) atoms. The van der Waals surface area contributed by atoms with Crippen molar-refractivity contribution in [1.82, 2.24) is 9.55 Å². The Labute approximate surface area is 96.3 Å². The lowest BCUT2D eigenvalue weighted by molar-refractivity contribution is -0.137. The molecule has 0 fully saturated rings. The van der Waals surface area contributed by atoms with E-state index in [9.17, 15) is 4.79 Å². The van der Waals surface area contributed by atoms with Crippen LogP contribution >= 0.6 is 0 Å². The Morgan fingerprint density at radius 1 is 1.44 bits per heavy atom. The first-order valence-electron chi connectivity index (χ1n) is 5.96. The molecule has 0 amide bonds. The molecular weight excluding hydrogens is 204 g/mol. The number of aryl methyl sites for hydroxylation is 2. The van der Waals surface area contributed by atoms with Gasteiger partial charge in [0, 0.05) is 31.8 Å². The van der Waals surface area contributed by atoms with Crippen LogP contribution in [0.2, 0.25) is 0 Å². The highest BCUT2D eigenvalue weighted by atomic mass is 16.4. The number of carboxylic acid groups (broad SMARTS) is 1. The molecule has 0 saturated heterocycles. The number of hydrogen-bond donors (Lipinski definition) is 1. The van der Waals surface area contributed by atoms with Gasteiger partial charge in [-0.25, -0.2) is 4.98 Å². The molecule has 0 saturated carbocycles. The molecule has 0 radical (unpaired) electrons. The minimum atomic E-state index is -0.700. The van der Waals surface area contributed by atoms with Crippen LogP contribution < -0.4 is 0 Å². The molecule has 1 rings (SSSR count). The summed E-state index contributed by atoms with van der Waals surface area (Å²) in [7, 11) is 0. The highest BCUT2D eigenvalue weighted by Gasteiger charge is 2.01. The second-order valence-electron chi connectivity index (χ2n) is 3.99. The highest BCUT2D eigenvalue weighted by molar-refractivity contribution is 5.66. The number of aliphatic carboxylic acids is 1. The van der Waals surface area contributed by atoms with Gasteiger partial charge in [0.1, 0.15) is 5.82 Å². The smallest absolute Gasteiger partial charge is 0.303 e. The van der Waals surface area contributed by atoms with E-state index in [-0.39, 0.29) is 6.42 Å². The van der Waals surface area contributed by atoms with Gasteiger partial charge in [-0.1, -0.05) is 13.3 Å². The number of aromatic nitrogens is 2. The van der Waals surface area contributed by atoms with Crippen LogP contribution in [0.3, 0.4) is 0 Å². The van der Waals surface area contributed by atoms with Gasteiger partial charge in [-0.15, -0.1) is 0 Å². The first kappa shape index (κ1) is 12.7. The van der Waals surface area contributed by atoms with Crippen LogP contribution in [0, 0.1) is 0 Å². The lowest BCUT2D eigenvalue weighted by Gasteiger charge is -2.06. The molecule has 0 bridgehead atoms. The quantitative estimate of drug-likeness (QED) is 0.690. The predicted octanol–water partition coefficient (Wildman–Crippen LogP) is 2.48. The van der Waals surface area contributed by atoms with E-state index in [2.05, 4.69) is 16.5 Å². The molecule has 0 unspecified atom stereocenters. The van der Waals surface area contributed by atoms with E-state index in [0.29, 0.717) is 0 Å². The molecule has 90 valence electrons. The molecule has 0 aliphatic heterocycles. The first-order valence-corrected chi connectivity index (χ1v) is 5.96. The maximum absolute atomic E-state index is 10.3. The van der Waals surface area contributed by atoms with Gasteiger partial charge in [-0.3, -0.25) is 4.79 Å². The average Bonchev–Trinajstić information content (AvgIpc) is 2.65. The molecule has 1 heterocycles. The summed E-state index contributed by atoms with van der Waals surface area (Å²) in [5.41, 5.74) is 0. The van der Waals surface area contributed by atoms with Crippen LogP contribution in [0.4, 0.5) is 0 Å². The fourth-order valence-electron chi connectivity index (χ4n) is 1.73. The molecule has 0 aromatic carbocycles. The summed E-state index contributed by atoms with van der Waals surface area (Å²) >= 11 is 0. The summed E-state index contributed by atoms with van der Waals surface area (Å²) in [6, 6.07) is 0. The first-order chi connectivity index (χ1) is 7.74. The summed E-state index contributed by atoms with van der Waals surface area (Å²) in [4.78, 5) is 14.6. The van der Waals surface area contributed by atoms with E-state index in [1.807, 2.05) is 12.4 Å². The Kier molecular flexibility index (Phi) is 5.61.